The predicted molar refractivity (Wildman–Crippen MR) is 286 cm³/mol. The van der Waals surface area contributed by atoms with Gasteiger partial charge >= 0.3 is 0 Å². The Kier molecular flexibility index (Phi) is 19.5. The number of rotatable bonds is 16. The highest BCUT2D eigenvalue weighted by molar-refractivity contribution is 7.85. The van der Waals surface area contributed by atoms with Gasteiger partial charge in [-0.2, -0.15) is 8.42 Å². The second-order valence-corrected chi connectivity index (χ2v) is 20.4. The summed E-state index contributed by atoms with van der Waals surface area (Å²) in [5, 5.41) is 14.2. The molecule has 2 heterocycles. The van der Waals surface area contributed by atoms with Gasteiger partial charge in [-0.25, -0.2) is 0 Å². The van der Waals surface area contributed by atoms with Crippen molar-refractivity contribution in [2.24, 2.45) is 5.92 Å². The molecule has 15 nitrogen and oxygen atoms in total. The largest absolute Gasteiger partial charge is 0.346 e. The van der Waals surface area contributed by atoms with E-state index >= 15 is 0 Å². The number of aryl methyl sites for hydroxylation is 1. The van der Waals surface area contributed by atoms with Crippen molar-refractivity contribution in [3.05, 3.63) is 198 Å². The fourth-order valence-corrected chi connectivity index (χ4v) is 9.39. The molecule has 0 spiro atoms. The van der Waals surface area contributed by atoms with Crippen LogP contribution < -0.4 is 26.6 Å². The van der Waals surface area contributed by atoms with Crippen molar-refractivity contribution in [3.8, 4) is 11.1 Å². The van der Waals surface area contributed by atoms with Gasteiger partial charge in [-0.3, -0.25) is 38.1 Å². The van der Waals surface area contributed by atoms with Gasteiger partial charge in [0.15, 0.2) is 11.6 Å². The molecule has 388 valence electrons. The maximum absolute atomic E-state index is 15.0. The van der Waals surface area contributed by atoms with Crippen LogP contribution >= 0.6 is 0 Å². The van der Waals surface area contributed by atoms with Crippen molar-refractivity contribution in [3.63, 3.8) is 0 Å². The highest BCUT2D eigenvalue weighted by Crippen LogP contribution is 2.22. The molecule has 2 bridgehead atoms. The number of hydrogen-bond donors (Lipinski definition) is 6. The number of anilines is 1. The van der Waals surface area contributed by atoms with E-state index in [-0.39, 0.29) is 44.9 Å². The Labute approximate surface area is 437 Å². The molecule has 5 atom stereocenters. The third-order valence-electron chi connectivity index (χ3n) is 13.0. The van der Waals surface area contributed by atoms with Crippen LogP contribution in [0.5, 0.6) is 0 Å². The maximum atomic E-state index is 15.0. The standard InChI is InChI=1S/C59H61N5O10S/c65-53(33-34-75(72,73)74)50(36-41-15-7-2-8-16-41)62-57(69)47-35-43-23-28-48(29-24-43)60-55(67)31-32-56(68)61-49(30-25-40-13-5-1-6-14-40)58(70)64-52(38-44-21-26-46(27-22-44)45-19-11-4-12-20-45)59(71)63-51(54(66)39-47)37-42-17-9-3-10-18-42/h1-24,26-29,47,49-52H,25,30-39H2,(H,60,67)(H,61,68)(H,62,69)(H,63,71)(H,64,70)(H,72,73,74)/t47-,49-,50+,51-,52+/m1/s1. The summed E-state index contributed by atoms with van der Waals surface area (Å²) in [6.07, 6.45) is -1.04. The summed E-state index contributed by atoms with van der Waals surface area (Å²) in [5.41, 5.74) is 5.81. The summed E-state index contributed by atoms with van der Waals surface area (Å²) in [7, 11) is -4.53. The van der Waals surface area contributed by atoms with E-state index < -0.39 is 99.9 Å². The van der Waals surface area contributed by atoms with Crippen molar-refractivity contribution in [1.82, 2.24) is 21.3 Å². The molecule has 0 aliphatic carbocycles. The van der Waals surface area contributed by atoms with Crippen molar-refractivity contribution in [2.45, 2.75) is 88.4 Å². The molecule has 8 rings (SSSR count). The van der Waals surface area contributed by atoms with Gasteiger partial charge in [0.2, 0.25) is 29.5 Å². The van der Waals surface area contributed by atoms with Crippen LogP contribution in [0.2, 0.25) is 0 Å². The van der Waals surface area contributed by atoms with E-state index in [0.29, 0.717) is 34.4 Å². The minimum Gasteiger partial charge on any atom is -0.346 e. The van der Waals surface area contributed by atoms with Gasteiger partial charge in [0.25, 0.3) is 10.1 Å². The third-order valence-corrected chi connectivity index (χ3v) is 13.8. The van der Waals surface area contributed by atoms with E-state index in [4.69, 9.17) is 0 Å². The van der Waals surface area contributed by atoms with Gasteiger partial charge in [0.05, 0.1) is 17.8 Å². The summed E-state index contributed by atoms with van der Waals surface area (Å²) in [6, 6.07) is 46.0. The maximum Gasteiger partial charge on any atom is 0.265 e. The highest BCUT2D eigenvalue weighted by Gasteiger charge is 2.34. The van der Waals surface area contributed by atoms with Crippen molar-refractivity contribution >= 4 is 56.9 Å². The number of carbonyl (C=O) groups excluding carboxylic acids is 7. The number of nitrogens with one attached hydrogen (secondary N) is 5. The zero-order valence-electron chi connectivity index (χ0n) is 41.4. The number of Topliss-reactive ketones (excluding diaryl/α,β-unsaturated/α-hetero) is 2. The molecule has 2 aliphatic rings. The molecule has 0 aromatic heterocycles. The Morgan fingerprint density at radius 1 is 0.560 bits per heavy atom. The second kappa shape index (κ2) is 26.7. The summed E-state index contributed by atoms with van der Waals surface area (Å²) in [5.74, 6) is -6.30. The van der Waals surface area contributed by atoms with E-state index in [1.165, 1.54) is 0 Å². The number of benzene rings is 6. The Morgan fingerprint density at radius 2 is 1.08 bits per heavy atom. The van der Waals surface area contributed by atoms with Gasteiger partial charge in [-0.15, -0.1) is 0 Å². The van der Waals surface area contributed by atoms with Crippen LogP contribution in [0.3, 0.4) is 0 Å². The van der Waals surface area contributed by atoms with Gasteiger partial charge in [0, 0.05) is 43.7 Å². The second-order valence-electron chi connectivity index (χ2n) is 18.8. The monoisotopic (exact) mass is 1030 g/mol. The zero-order chi connectivity index (χ0) is 53.2. The molecule has 0 fully saturated rings. The molecule has 2 aliphatic heterocycles. The third kappa shape index (κ3) is 17.5. The lowest BCUT2D eigenvalue weighted by atomic mass is 9.88. The lowest BCUT2D eigenvalue weighted by molar-refractivity contribution is -0.135. The van der Waals surface area contributed by atoms with Crippen LogP contribution in [0.4, 0.5) is 5.69 Å². The van der Waals surface area contributed by atoms with Gasteiger partial charge in [0.1, 0.15) is 12.1 Å². The molecule has 6 N–H and O–H groups in total. The van der Waals surface area contributed by atoms with E-state index in [1.54, 1.807) is 78.9 Å². The molecule has 0 saturated carbocycles. The summed E-state index contributed by atoms with van der Waals surface area (Å²) < 4.78 is 32.9. The molecule has 0 unspecified atom stereocenters. The number of carbonyl (C=O) groups is 7. The van der Waals surface area contributed by atoms with Crippen LogP contribution in [0.25, 0.3) is 11.1 Å². The van der Waals surface area contributed by atoms with E-state index in [1.807, 2.05) is 91.0 Å². The summed E-state index contributed by atoms with van der Waals surface area (Å²) in [4.78, 5) is 99.5. The van der Waals surface area contributed by atoms with E-state index in [0.717, 1.165) is 16.7 Å². The highest BCUT2D eigenvalue weighted by atomic mass is 32.2. The zero-order valence-corrected chi connectivity index (χ0v) is 42.2. The van der Waals surface area contributed by atoms with Crippen LogP contribution in [0.1, 0.15) is 59.9 Å². The average Bonchev–Trinajstić information content (AvgIpc) is 3.41. The van der Waals surface area contributed by atoms with Crippen LogP contribution in [-0.2, 0) is 75.8 Å². The Balaban J connectivity index is 1.24. The normalized spacial score (nSPS) is 18.5. The fourth-order valence-electron chi connectivity index (χ4n) is 8.93. The van der Waals surface area contributed by atoms with Gasteiger partial charge in [-0.05, 0) is 83.2 Å². The Morgan fingerprint density at radius 3 is 1.71 bits per heavy atom. The Bertz CT molecular complexity index is 3020. The summed E-state index contributed by atoms with van der Waals surface area (Å²) in [6.45, 7) is 0. The molecule has 0 radical (unpaired) electrons. The van der Waals surface area contributed by atoms with Crippen molar-refractivity contribution in [2.75, 3.05) is 11.1 Å². The van der Waals surface area contributed by atoms with Crippen molar-refractivity contribution in [1.29, 1.82) is 0 Å². The van der Waals surface area contributed by atoms with Crippen LogP contribution in [0.15, 0.2) is 170 Å². The summed E-state index contributed by atoms with van der Waals surface area (Å²) >= 11 is 0. The molecule has 16 heteroatoms. The predicted octanol–water partition coefficient (Wildman–Crippen LogP) is 6.35. The number of ketones is 2. The first-order valence-corrected chi connectivity index (χ1v) is 26.6. The molecular formula is C59H61N5O10S. The van der Waals surface area contributed by atoms with E-state index in [2.05, 4.69) is 26.6 Å². The number of amides is 5. The quantitative estimate of drug-likeness (QED) is 0.0464. The first-order chi connectivity index (χ1) is 36.1. The molecular weight excluding hydrogens is 971 g/mol. The SMILES string of the molecule is O=C1CCC(=O)N[C@H](CCc2ccccc2)C(=O)N[C@@H](Cc2ccc(-c3ccccc3)cc2)C(=O)N[C@H](Cc2ccccc2)C(=O)C[C@H](C(=O)N[C@@H](Cc2ccccc2)C(=O)CCS(=O)(=O)O)Cc2ccc(cc2)N1. The number of hydrogen-bond acceptors (Lipinski definition) is 9. The lowest BCUT2D eigenvalue weighted by Crippen LogP contribution is -2.57. The fraction of sp³-hybridized carbons (Fsp3) is 0.271. The smallest absolute Gasteiger partial charge is 0.265 e. The topological polar surface area (TPSA) is 234 Å². The van der Waals surface area contributed by atoms with Gasteiger partial charge in [-0.1, -0.05) is 158 Å². The molecule has 6 aromatic carbocycles. The molecule has 5 amide bonds. The van der Waals surface area contributed by atoms with E-state index in [9.17, 15) is 46.5 Å². The van der Waals surface area contributed by atoms with Crippen LogP contribution in [0, 0.1) is 5.92 Å². The molecule has 6 aromatic rings. The Hall–Kier alpha value is -8.08. The van der Waals surface area contributed by atoms with Crippen molar-refractivity contribution < 1.29 is 46.5 Å². The molecule has 0 saturated heterocycles. The number of fused-ring (bicyclic) bond motifs is 18. The van der Waals surface area contributed by atoms with Gasteiger partial charge < -0.3 is 26.6 Å². The van der Waals surface area contributed by atoms with Crippen LogP contribution in [-0.4, -0.2) is 84.0 Å². The first kappa shape index (κ1) is 54.7. The molecule has 75 heavy (non-hydrogen) atoms. The minimum atomic E-state index is -4.53. The average molecular weight is 1030 g/mol. The first-order valence-electron chi connectivity index (χ1n) is 25.0. The minimum absolute atomic E-state index is 0.00109. The lowest BCUT2D eigenvalue weighted by Gasteiger charge is -2.27.